The first-order chi connectivity index (χ1) is 12.9. The molecule has 0 saturated carbocycles. The van der Waals surface area contributed by atoms with Gasteiger partial charge in [-0.2, -0.15) is 0 Å². The summed E-state index contributed by atoms with van der Waals surface area (Å²) in [4.78, 5) is 35.2. The minimum atomic E-state index is -1.14. The van der Waals surface area contributed by atoms with Crippen molar-refractivity contribution in [1.82, 2.24) is 0 Å². The number of carboxylic acid groups (broad SMARTS) is 1. The van der Waals surface area contributed by atoms with Gasteiger partial charge in [0.15, 0.2) is 0 Å². The molecule has 1 heterocycles. The Hall–Kier alpha value is -3.52. The molecule has 8 heteroatoms. The molecule has 1 aromatic heterocycles. The molecule has 0 aliphatic heterocycles. The molecular weight excluding hydrogens is 368 g/mol. The zero-order valence-corrected chi connectivity index (χ0v) is 14.9. The van der Waals surface area contributed by atoms with Crippen LogP contribution in [0, 0.1) is 17.0 Å². The number of aryl methyl sites for hydroxylation is 1. The van der Waals surface area contributed by atoms with Gasteiger partial charge in [-0.15, -0.1) is 11.3 Å². The maximum Gasteiger partial charge on any atom is 0.339 e. The zero-order chi connectivity index (χ0) is 19.6. The van der Waals surface area contributed by atoms with E-state index in [0.29, 0.717) is 5.56 Å². The molecule has 0 radical (unpaired) electrons. The van der Waals surface area contributed by atoms with E-state index in [1.807, 2.05) is 30.3 Å². The number of hydrogen-bond acceptors (Lipinski definition) is 5. The second-order valence-electron chi connectivity index (χ2n) is 5.67. The fourth-order valence-electron chi connectivity index (χ4n) is 2.70. The highest BCUT2D eigenvalue weighted by Gasteiger charge is 2.24. The largest absolute Gasteiger partial charge is 0.478 e. The van der Waals surface area contributed by atoms with Gasteiger partial charge in [-0.25, -0.2) is 4.79 Å². The predicted molar refractivity (Wildman–Crippen MR) is 103 cm³/mol. The number of nitro groups is 1. The van der Waals surface area contributed by atoms with E-state index >= 15 is 0 Å². The molecule has 2 aromatic carbocycles. The van der Waals surface area contributed by atoms with Gasteiger partial charge in [0.1, 0.15) is 10.6 Å². The molecule has 27 heavy (non-hydrogen) atoms. The Morgan fingerprint density at radius 2 is 1.70 bits per heavy atom. The van der Waals surface area contributed by atoms with E-state index < -0.39 is 16.8 Å². The topological polar surface area (TPSA) is 110 Å². The van der Waals surface area contributed by atoms with Crippen molar-refractivity contribution in [2.75, 3.05) is 5.32 Å². The molecule has 0 bridgehead atoms. The van der Waals surface area contributed by atoms with Gasteiger partial charge in [0, 0.05) is 28.1 Å². The number of aromatic carboxylic acids is 1. The number of benzene rings is 2. The third-order valence-electron chi connectivity index (χ3n) is 3.93. The molecule has 1 amide bonds. The molecule has 0 spiro atoms. The Morgan fingerprint density at radius 1 is 1.07 bits per heavy atom. The van der Waals surface area contributed by atoms with E-state index in [9.17, 15) is 24.8 Å². The first kappa shape index (κ1) is 18.3. The number of nitrogens with zero attached hydrogens (tertiary/aromatic N) is 1. The Bertz CT molecular complexity index is 1030. The van der Waals surface area contributed by atoms with Crippen molar-refractivity contribution in [3.8, 4) is 11.1 Å². The fourth-order valence-corrected chi connectivity index (χ4v) is 3.76. The molecular formula is C19H14N2O5S. The van der Waals surface area contributed by atoms with Crippen molar-refractivity contribution >= 4 is 33.9 Å². The number of carbonyl (C=O) groups is 2. The maximum absolute atomic E-state index is 12.5. The molecule has 0 fully saturated rings. The number of nitro benzene ring substituents is 1. The number of carbonyl (C=O) groups excluding carboxylic acids is 1. The molecule has 3 rings (SSSR count). The molecule has 0 saturated heterocycles. The van der Waals surface area contributed by atoms with Crippen molar-refractivity contribution in [2.24, 2.45) is 0 Å². The number of rotatable bonds is 5. The van der Waals surface area contributed by atoms with Gasteiger partial charge in [-0.05, 0) is 24.6 Å². The van der Waals surface area contributed by atoms with Gasteiger partial charge >= 0.3 is 5.97 Å². The maximum atomic E-state index is 12.5. The lowest BCUT2D eigenvalue weighted by atomic mass is 10.0. The summed E-state index contributed by atoms with van der Waals surface area (Å²) >= 11 is 1.17. The third kappa shape index (κ3) is 3.70. The number of anilines is 1. The highest BCUT2D eigenvalue weighted by Crippen LogP contribution is 2.40. The second kappa shape index (κ2) is 7.38. The molecule has 3 aromatic rings. The zero-order valence-electron chi connectivity index (χ0n) is 14.1. The highest BCUT2D eigenvalue weighted by atomic mass is 32.1. The molecule has 0 atom stereocenters. The van der Waals surface area contributed by atoms with Crippen LogP contribution in [0.15, 0.2) is 54.6 Å². The quantitative estimate of drug-likeness (QED) is 0.496. The number of non-ortho nitro benzene ring substituents is 1. The molecule has 0 aliphatic carbocycles. The van der Waals surface area contributed by atoms with Crippen LogP contribution in [0.4, 0.5) is 10.7 Å². The average Bonchev–Trinajstić information content (AvgIpc) is 2.98. The van der Waals surface area contributed by atoms with E-state index in [2.05, 4.69) is 5.32 Å². The normalized spacial score (nSPS) is 10.4. The fraction of sp³-hybridized carbons (Fsp3) is 0.0526. The van der Waals surface area contributed by atoms with Gasteiger partial charge < -0.3 is 10.4 Å². The number of hydrogen-bond donors (Lipinski definition) is 2. The van der Waals surface area contributed by atoms with Gasteiger partial charge in [0.2, 0.25) is 0 Å². The Morgan fingerprint density at radius 3 is 2.26 bits per heavy atom. The van der Waals surface area contributed by atoms with Crippen LogP contribution in [-0.4, -0.2) is 21.9 Å². The summed E-state index contributed by atoms with van der Waals surface area (Å²) < 4.78 is 0. The smallest absolute Gasteiger partial charge is 0.339 e. The Kier molecular flexibility index (Phi) is 5.00. The highest BCUT2D eigenvalue weighted by molar-refractivity contribution is 7.17. The molecule has 0 unspecified atom stereocenters. The summed E-state index contributed by atoms with van der Waals surface area (Å²) in [5, 5.41) is 23.2. The Labute approximate surface area is 158 Å². The van der Waals surface area contributed by atoms with Crippen LogP contribution in [-0.2, 0) is 0 Å². The summed E-state index contributed by atoms with van der Waals surface area (Å²) in [6.45, 7) is 1.79. The number of amides is 1. The molecule has 2 N–H and O–H groups in total. The summed E-state index contributed by atoms with van der Waals surface area (Å²) in [5.41, 5.74) is 1.41. The predicted octanol–water partition coefficient (Wildman–Crippen LogP) is 4.58. The first-order valence-corrected chi connectivity index (χ1v) is 8.68. The van der Waals surface area contributed by atoms with E-state index in [1.54, 1.807) is 6.92 Å². The summed E-state index contributed by atoms with van der Waals surface area (Å²) in [7, 11) is 0. The first-order valence-electron chi connectivity index (χ1n) is 7.86. The SMILES string of the molecule is Cc1sc(NC(=O)c2ccc([N+](=O)[O-])cc2)c(C(=O)O)c1-c1ccccc1. The van der Waals surface area contributed by atoms with Gasteiger partial charge in [0.05, 0.1) is 4.92 Å². The minimum absolute atomic E-state index is 0.0268. The standard InChI is InChI=1S/C19H14N2O5S/c1-11-15(12-5-3-2-4-6-12)16(19(23)24)18(27-11)20-17(22)13-7-9-14(10-8-13)21(25)26/h2-10H,1H3,(H,20,22)(H,23,24). The lowest BCUT2D eigenvalue weighted by Gasteiger charge is -2.06. The van der Waals surface area contributed by atoms with E-state index in [1.165, 1.54) is 35.6 Å². The molecule has 7 nitrogen and oxygen atoms in total. The summed E-state index contributed by atoms with van der Waals surface area (Å²) in [6, 6.07) is 14.2. The summed E-state index contributed by atoms with van der Waals surface area (Å²) in [6.07, 6.45) is 0. The average molecular weight is 382 g/mol. The molecule has 0 aliphatic rings. The van der Waals surface area contributed by atoms with Crippen LogP contribution >= 0.6 is 11.3 Å². The van der Waals surface area contributed by atoms with Crippen molar-refractivity contribution in [2.45, 2.75) is 6.92 Å². The van der Waals surface area contributed by atoms with Gasteiger partial charge in [-0.3, -0.25) is 14.9 Å². The Balaban J connectivity index is 1.96. The summed E-state index contributed by atoms with van der Waals surface area (Å²) in [5.74, 6) is -1.68. The van der Waals surface area contributed by atoms with Crippen molar-refractivity contribution in [3.05, 3.63) is 80.7 Å². The monoisotopic (exact) mass is 382 g/mol. The van der Waals surface area contributed by atoms with Crippen LogP contribution in [0.25, 0.3) is 11.1 Å². The number of carboxylic acids is 1. The van der Waals surface area contributed by atoms with Crippen LogP contribution in [0.2, 0.25) is 0 Å². The lowest BCUT2D eigenvalue weighted by Crippen LogP contribution is -2.13. The lowest BCUT2D eigenvalue weighted by molar-refractivity contribution is -0.384. The van der Waals surface area contributed by atoms with Crippen molar-refractivity contribution in [3.63, 3.8) is 0 Å². The van der Waals surface area contributed by atoms with Gasteiger partial charge in [0.25, 0.3) is 11.6 Å². The molecule has 136 valence electrons. The number of nitrogens with one attached hydrogen (secondary N) is 1. The van der Waals surface area contributed by atoms with Crippen LogP contribution in [0.1, 0.15) is 25.6 Å². The number of thiophene rings is 1. The van der Waals surface area contributed by atoms with Crippen LogP contribution in [0.5, 0.6) is 0 Å². The van der Waals surface area contributed by atoms with E-state index in [4.69, 9.17) is 0 Å². The van der Waals surface area contributed by atoms with Crippen molar-refractivity contribution < 1.29 is 19.6 Å². The van der Waals surface area contributed by atoms with Crippen molar-refractivity contribution in [1.29, 1.82) is 0 Å². The van der Waals surface area contributed by atoms with Crippen LogP contribution in [0.3, 0.4) is 0 Å². The van der Waals surface area contributed by atoms with Crippen LogP contribution < -0.4 is 5.32 Å². The van der Waals surface area contributed by atoms with E-state index in [0.717, 1.165) is 10.4 Å². The third-order valence-corrected chi connectivity index (χ3v) is 4.95. The van der Waals surface area contributed by atoms with E-state index in [-0.39, 0.29) is 21.8 Å². The second-order valence-corrected chi connectivity index (χ2v) is 6.89. The van der Waals surface area contributed by atoms with Gasteiger partial charge in [-0.1, -0.05) is 30.3 Å². The minimum Gasteiger partial charge on any atom is -0.478 e.